The second kappa shape index (κ2) is 7.10. The first-order valence-electron chi connectivity index (χ1n) is 6.34. The van der Waals surface area contributed by atoms with Crippen LogP contribution in [0.3, 0.4) is 0 Å². The van der Waals surface area contributed by atoms with Crippen LogP contribution in [0.2, 0.25) is 0 Å². The molecule has 0 atom stereocenters. The molecule has 0 radical (unpaired) electrons. The molecular formula is C16H15BrO3. The molecule has 0 N–H and O–H groups in total. The third-order valence-electron chi connectivity index (χ3n) is 2.72. The Labute approximate surface area is 126 Å². The Morgan fingerprint density at radius 2 is 1.80 bits per heavy atom. The van der Waals surface area contributed by atoms with E-state index >= 15 is 0 Å². The molecule has 0 amide bonds. The molecule has 2 aromatic rings. The fourth-order valence-corrected chi connectivity index (χ4v) is 2.08. The zero-order valence-corrected chi connectivity index (χ0v) is 12.7. The number of rotatable bonds is 5. The van der Waals surface area contributed by atoms with Crippen LogP contribution in [0, 0.1) is 0 Å². The van der Waals surface area contributed by atoms with Crippen LogP contribution in [-0.2, 0) is 11.3 Å². The molecule has 20 heavy (non-hydrogen) atoms. The zero-order chi connectivity index (χ0) is 14.4. The summed E-state index contributed by atoms with van der Waals surface area (Å²) in [5, 5.41) is 0. The highest BCUT2D eigenvalue weighted by Crippen LogP contribution is 2.19. The standard InChI is InChI=1S/C16H15BrO3/c1-2-19-16(18)12-7-9-14(10-8-12)20-11-13-5-3-4-6-15(13)17/h3-10H,2,11H2,1H3. The monoisotopic (exact) mass is 334 g/mol. The Hall–Kier alpha value is -1.81. The van der Waals surface area contributed by atoms with Gasteiger partial charge in [-0.25, -0.2) is 4.79 Å². The number of benzene rings is 2. The Kier molecular flexibility index (Phi) is 5.18. The summed E-state index contributed by atoms with van der Waals surface area (Å²) in [5.41, 5.74) is 1.60. The highest BCUT2D eigenvalue weighted by molar-refractivity contribution is 9.10. The molecule has 0 aliphatic carbocycles. The van der Waals surface area contributed by atoms with Gasteiger partial charge in [0.25, 0.3) is 0 Å². The van der Waals surface area contributed by atoms with E-state index in [4.69, 9.17) is 9.47 Å². The Morgan fingerprint density at radius 3 is 2.45 bits per heavy atom. The van der Waals surface area contributed by atoms with E-state index in [2.05, 4.69) is 15.9 Å². The smallest absolute Gasteiger partial charge is 0.338 e. The maximum absolute atomic E-state index is 11.5. The second-order valence-electron chi connectivity index (χ2n) is 4.12. The minimum absolute atomic E-state index is 0.315. The predicted molar refractivity (Wildman–Crippen MR) is 80.9 cm³/mol. The van der Waals surface area contributed by atoms with Crippen molar-refractivity contribution in [2.75, 3.05) is 6.61 Å². The van der Waals surface area contributed by atoms with Gasteiger partial charge in [0, 0.05) is 10.0 Å². The molecule has 104 valence electrons. The van der Waals surface area contributed by atoms with Crippen LogP contribution in [0.5, 0.6) is 5.75 Å². The lowest BCUT2D eigenvalue weighted by molar-refractivity contribution is 0.0526. The molecule has 0 aliphatic rings. The van der Waals surface area contributed by atoms with Gasteiger partial charge >= 0.3 is 5.97 Å². The lowest BCUT2D eigenvalue weighted by Gasteiger charge is -2.08. The fraction of sp³-hybridized carbons (Fsp3) is 0.188. The summed E-state index contributed by atoms with van der Waals surface area (Å²) in [6, 6.07) is 14.8. The third kappa shape index (κ3) is 3.84. The average Bonchev–Trinajstić information content (AvgIpc) is 2.47. The van der Waals surface area contributed by atoms with Crippen LogP contribution >= 0.6 is 15.9 Å². The van der Waals surface area contributed by atoms with Crippen LogP contribution < -0.4 is 4.74 Å². The SMILES string of the molecule is CCOC(=O)c1ccc(OCc2ccccc2Br)cc1. The largest absolute Gasteiger partial charge is 0.489 e. The van der Waals surface area contributed by atoms with E-state index in [0.717, 1.165) is 10.0 Å². The minimum Gasteiger partial charge on any atom is -0.489 e. The van der Waals surface area contributed by atoms with E-state index in [1.54, 1.807) is 31.2 Å². The molecular weight excluding hydrogens is 320 g/mol. The Morgan fingerprint density at radius 1 is 1.10 bits per heavy atom. The van der Waals surface area contributed by atoms with E-state index in [1.165, 1.54) is 0 Å². The maximum atomic E-state index is 11.5. The maximum Gasteiger partial charge on any atom is 0.338 e. The number of ether oxygens (including phenoxy) is 2. The molecule has 0 unspecified atom stereocenters. The molecule has 0 bridgehead atoms. The van der Waals surface area contributed by atoms with Crippen molar-refractivity contribution in [1.82, 2.24) is 0 Å². The summed E-state index contributed by atoms with van der Waals surface area (Å²) in [4.78, 5) is 11.5. The summed E-state index contributed by atoms with van der Waals surface area (Å²) in [6.07, 6.45) is 0. The van der Waals surface area contributed by atoms with Gasteiger partial charge in [-0.3, -0.25) is 0 Å². The Balaban J connectivity index is 1.98. The number of hydrogen-bond acceptors (Lipinski definition) is 3. The van der Waals surface area contributed by atoms with Gasteiger partial charge in [-0.2, -0.15) is 0 Å². The average molecular weight is 335 g/mol. The molecule has 0 aliphatic heterocycles. The summed E-state index contributed by atoms with van der Waals surface area (Å²) >= 11 is 3.48. The molecule has 2 rings (SSSR count). The predicted octanol–water partition coefficient (Wildman–Crippen LogP) is 4.20. The van der Waals surface area contributed by atoms with Gasteiger partial charge in [0.2, 0.25) is 0 Å². The molecule has 3 nitrogen and oxygen atoms in total. The molecule has 2 aromatic carbocycles. The van der Waals surface area contributed by atoms with Crippen molar-refractivity contribution in [3.8, 4) is 5.75 Å². The van der Waals surface area contributed by atoms with Crippen molar-refractivity contribution < 1.29 is 14.3 Å². The van der Waals surface area contributed by atoms with Crippen LogP contribution in [0.1, 0.15) is 22.8 Å². The summed E-state index contributed by atoms with van der Waals surface area (Å²) in [6.45, 7) is 2.63. The Bertz CT molecular complexity index is 579. The van der Waals surface area contributed by atoms with Crippen molar-refractivity contribution in [3.63, 3.8) is 0 Å². The van der Waals surface area contributed by atoms with Gasteiger partial charge in [-0.1, -0.05) is 34.1 Å². The van der Waals surface area contributed by atoms with Gasteiger partial charge in [0.05, 0.1) is 12.2 Å². The quantitative estimate of drug-likeness (QED) is 0.768. The summed E-state index contributed by atoms with van der Waals surface area (Å²) in [5.74, 6) is 0.402. The van der Waals surface area contributed by atoms with E-state index in [-0.39, 0.29) is 5.97 Å². The lowest BCUT2D eigenvalue weighted by Crippen LogP contribution is -2.04. The number of halogens is 1. The first-order valence-corrected chi connectivity index (χ1v) is 7.13. The molecule has 0 spiro atoms. The fourth-order valence-electron chi connectivity index (χ4n) is 1.68. The first-order chi connectivity index (χ1) is 9.70. The van der Waals surface area contributed by atoms with Gasteiger partial charge < -0.3 is 9.47 Å². The topological polar surface area (TPSA) is 35.5 Å². The van der Waals surface area contributed by atoms with E-state index in [1.807, 2.05) is 24.3 Å². The molecule has 4 heteroatoms. The van der Waals surface area contributed by atoms with Crippen molar-refractivity contribution in [3.05, 3.63) is 64.1 Å². The van der Waals surface area contributed by atoms with Crippen molar-refractivity contribution >= 4 is 21.9 Å². The second-order valence-corrected chi connectivity index (χ2v) is 4.98. The van der Waals surface area contributed by atoms with E-state index in [0.29, 0.717) is 24.5 Å². The number of carbonyl (C=O) groups excluding carboxylic acids is 1. The van der Waals surface area contributed by atoms with Crippen LogP contribution in [0.25, 0.3) is 0 Å². The molecule has 0 saturated carbocycles. The number of carbonyl (C=O) groups is 1. The van der Waals surface area contributed by atoms with Gasteiger partial charge in [-0.15, -0.1) is 0 Å². The zero-order valence-electron chi connectivity index (χ0n) is 11.1. The summed E-state index contributed by atoms with van der Waals surface area (Å²) < 4.78 is 11.6. The minimum atomic E-state index is -0.315. The normalized spacial score (nSPS) is 10.1. The van der Waals surface area contributed by atoms with Crippen LogP contribution in [0.15, 0.2) is 53.0 Å². The van der Waals surface area contributed by atoms with E-state index in [9.17, 15) is 4.79 Å². The molecule has 0 fully saturated rings. The third-order valence-corrected chi connectivity index (χ3v) is 3.49. The van der Waals surface area contributed by atoms with E-state index < -0.39 is 0 Å². The van der Waals surface area contributed by atoms with Crippen molar-refractivity contribution in [2.24, 2.45) is 0 Å². The molecule has 0 heterocycles. The number of hydrogen-bond donors (Lipinski definition) is 0. The molecule has 0 aromatic heterocycles. The van der Waals surface area contributed by atoms with Crippen molar-refractivity contribution in [1.29, 1.82) is 0 Å². The van der Waals surface area contributed by atoms with Crippen LogP contribution in [0.4, 0.5) is 0 Å². The van der Waals surface area contributed by atoms with Gasteiger partial charge in [0.1, 0.15) is 12.4 Å². The number of esters is 1. The van der Waals surface area contributed by atoms with Crippen molar-refractivity contribution in [2.45, 2.75) is 13.5 Å². The van der Waals surface area contributed by atoms with Crippen LogP contribution in [-0.4, -0.2) is 12.6 Å². The van der Waals surface area contributed by atoms with Gasteiger partial charge in [-0.05, 0) is 37.3 Å². The highest BCUT2D eigenvalue weighted by atomic mass is 79.9. The lowest BCUT2D eigenvalue weighted by atomic mass is 10.2. The van der Waals surface area contributed by atoms with Gasteiger partial charge in [0.15, 0.2) is 0 Å². The summed E-state index contributed by atoms with van der Waals surface area (Å²) in [7, 11) is 0. The highest BCUT2D eigenvalue weighted by Gasteiger charge is 2.06. The molecule has 0 saturated heterocycles. The first kappa shape index (κ1) is 14.6.